The van der Waals surface area contributed by atoms with Crippen molar-refractivity contribution in [2.75, 3.05) is 12.8 Å². The molecule has 0 spiro atoms. The number of para-hydroxylation sites is 1. The fraction of sp³-hybridized carbons (Fsp3) is 0.222. The van der Waals surface area contributed by atoms with Crippen molar-refractivity contribution < 1.29 is 9.47 Å². The molecule has 2 aromatic carbocycles. The van der Waals surface area contributed by atoms with E-state index < -0.39 is 0 Å². The van der Waals surface area contributed by atoms with Gasteiger partial charge in [-0.2, -0.15) is 0 Å². The van der Waals surface area contributed by atoms with Gasteiger partial charge in [-0.1, -0.05) is 12.1 Å². The molecule has 0 fully saturated rings. The first-order valence-electron chi connectivity index (χ1n) is 7.36. The Morgan fingerprint density at radius 3 is 2.45 bits per heavy atom. The molecular weight excluding hydrogens is 276 g/mol. The Kier molecular flexibility index (Phi) is 3.92. The van der Waals surface area contributed by atoms with Crippen molar-refractivity contribution in [3.63, 3.8) is 0 Å². The molecule has 0 atom stereocenters. The first kappa shape index (κ1) is 14.3. The normalized spacial score (nSPS) is 10.8. The Balaban J connectivity index is 1.85. The third-order valence-corrected chi connectivity index (χ3v) is 3.80. The highest BCUT2D eigenvalue weighted by Gasteiger charge is 2.10. The Labute approximate surface area is 130 Å². The number of nitrogen functional groups attached to an aromatic ring is 1. The zero-order valence-electron chi connectivity index (χ0n) is 12.9. The van der Waals surface area contributed by atoms with Crippen LogP contribution in [0.15, 0.2) is 48.5 Å². The van der Waals surface area contributed by atoms with Crippen molar-refractivity contribution in [2.45, 2.75) is 20.1 Å². The number of aryl methyl sites for hydroxylation is 1. The summed E-state index contributed by atoms with van der Waals surface area (Å²) in [4.78, 5) is 0. The zero-order chi connectivity index (χ0) is 15.5. The summed E-state index contributed by atoms with van der Waals surface area (Å²) < 4.78 is 13.2. The van der Waals surface area contributed by atoms with Crippen LogP contribution in [0.4, 0.5) is 5.69 Å². The van der Waals surface area contributed by atoms with E-state index >= 15 is 0 Å². The van der Waals surface area contributed by atoms with Crippen molar-refractivity contribution in [1.82, 2.24) is 4.57 Å². The van der Waals surface area contributed by atoms with E-state index in [-0.39, 0.29) is 0 Å². The number of hydrogen-bond donors (Lipinski definition) is 1. The SMILES string of the molecule is CCn1c(COc2ccc(OC)cc2)cc2cccc(N)c21. The number of anilines is 1. The number of methoxy groups -OCH3 is 1. The largest absolute Gasteiger partial charge is 0.497 e. The molecule has 3 aromatic rings. The molecule has 0 aliphatic rings. The lowest BCUT2D eigenvalue weighted by molar-refractivity contribution is 0.295. The average Bonchev–Trinajstić information content (AvgIpc) is 2.92. The molecule has 22 heavy (non-hydrogen) atoms. The van der Waals surface area contributed by atoms with Crippen LogP contribution >= 0.6 is 0 Å². The molecule has 0 bridgehead atoms. The highest BCUT2D eigenvalue weighted by Crippen LogP contribution is 2.26. The minimum absolute atomic E-state index is 0.508. The summed E-state index contributed by atoms with van der Waals surface area (Å²) in [6.07, 6.45) is 0. The van der Waals surface area contributed by atoms with Crippen molar-refractivity contribution in [2.24, 2.45) is 0 Å². The van der Waals surface area contributed by atoms with E-state index in [1.807, 2.05) is 36.4 Å². The van der Waals surface area contributed by atoms with Crippen LogP contribution < -0.4 is 15.2 Å². The Hall–Kier alpha value is -2.62. The average molecular weight is 296 g/mol. The summed E-state index contributed by atoms with van der Waals surface area (Å²) in [7, 11) is 1.65. The van der Waals surface area contributed by atoms with Gasteiger partial charge in [0.2, 0.25) is 0 Å². The lowest BCUT2D eigenvalue weighted by Crippen LogP contribution is -2.05. The first-order valence-corrected chi connectivity index (χ1v) is 7.36. The van der Waals surface area contributed by atoms with Crippen LogP contribution in [0.3, 0.4) is 0 Å². The molecule has 0 unspecified atom stereocenters. The molecule has 0 saturated heterocycles. The third kappa shape index (κ3) is 2.60. The molecule has 0 amide bonds. The molecule has 1 aromatic heterocycles. The second-order valence-corrected chi connectivity index (χ2v) is 5.13. The Bertz CT molecular complexity index is 776. The van der Waals surface area contributed by atoms with Crippen LogP contribution in [-0.2, 0) is 13.2 Å². The summed E-state index contributed by atoms with van der Waals surface area (Å²) in [5, 5.41) is 1.15. The van der Waals surface area contributed by atoms with Gasteiger partial charge >= 0.3 is 0 Å². The molecular formula is C18H20N2O2. The van der Waals surface area contributed by atoms with Crippen LogP contribution in [0, 0.1) is 0 Å². The number of fused-ring (bicyclic) bond motifs is 1. The van der Waals surface area contributed by atoms with Crippen LogP contribution in [0.5, 0.6) is 11.5 Å². The van der Waals surface area contributed by atoms with Gasteiger partial charge in [-0.15, -0.1) is 0 Å². The van der Waals surface area contributed by atoms with E-state index in [0.717, 1.165) is 40.3 Å². The summed E-state index contributed by atoms with van der Waals surface area (Å²) in [5.41, 5.74) is 9.11. The highest BCUT2D eigenvalue weighted by atomic mass is 16.5. The maximum Gasteiger partial charge on any atom is 0.128 e. The topological polar surface area (TPSA) is 49.4 Å². The minimum atomic E-state index is 0.508. The lowest BCUT2D eigenvalue weighted by atomic mass is 10.2. The predicted molar refractivity (Wildman–Crippen MR) is 89.4 cm³/mol. The molecule has 4 heteroatoms. The third-order valence-electron chi connectivity index (χ3n) is 3.80. The molecule has 3 rings (SSSR count). The van der Waals surface area contributed by atoms with Crippen LogP contribution in [-0.4, -0.2) is 11.7 Å². The monoisotopic (exact) mass is 296 g/mol. The zero-order valence-corrected chi connectivity index (χ0v) is 12.9. The molecule has 0 aliphatic heterocycles. The van der Waals surface area contributed by atoms with Crippen LogP contribution in [0.1, 0.15) is 12.6 Å². The van der Waals surface area contributed by atoms with E-state index in [9.17, 15) is 0 Å². The summed E-state index contributed by atoms with van der Waals surface area (Å²) >= 11 is 0. The van der Waals surface area contributed by atoms with Gasteiger partial charge in [0, 0.05) is 11.9 Å². The number of nitrogens with two attached hydrogens (primary N) is 1. The van der Waals surface area contributed by atoms with Crippen molar-refractivity contribution >= 4 is 16.6 Å². The van der Waals surface area contributed by atoms with Crippen molar-refractivity contribution in [3.05, 3.63) is 54.2 Å². The van der Waals surface area contributed by atoms with E-state index in [1.54, 1.807) is 7.11 Å². The second-order valence-electron chi connectivity index (χ2n) is 5.13. The smallest absolute Gasteiger partial charge is 0.128 e. The number of nitrogens with zero attached hydrogens (tertiary/aromatic N) is 1. The number of rotatable bonds is 5. The lowest BCUT2D eigenvalue weighted by Gasteiger charge is -2.11. The van der Waals surface area contributed by atoms with Gasteiger partial charge in [-0.05, 0) is 43.3 Å². The number of benzene rings is 2. The second kappa shape index (κ2) is 6.02. The minimum Gasteiger partial charge on any atom is -0.497 e. The number of aromatic nitrogens is 1. The van der Waals surface area contributed by atoms with Gasteiger partial charge in [0.1, 0.15) is 18.1 Å². The molecule has 2 N–H and O–H groups in total. The quantitative estimate of drug-likeness (QED) is 0.728. The Morgan fingerprint density at radius 2 is 1.77 bits per heavy atom. The first-order chi connectivity index (χ1) is 10.7. The number of hydrogen-bond acceptors (Lipinski definition) is 3. The van der Waals surface area contributed by atoms with E-state index in [1.165, 1.54) is 0 Å². The molecule has 4 nitrogen and oxygen atoms in total. The van der Waals surface area contributed by atoms with Gasteiger partial charge in [0.05, 0.1) is 24.0 Å². The van der Waals surface area contributed by atoms with Gasteiger partial charge in [0.15, 0.2) is 0 Å². The number of ether oxygens (including phenoxy) is 2. The summed E-state index contributed by atoms with van der Waals surface area (Å²) in [5.74, 6) is 1.64. The van der Waals surface area contributed by atoms with Gasteiger partial charge in [-0.3, -0.25) is 0 Å². The van der Waals surface area contributed by atoms with E-state index in [0.29, 0.717) is 6.61 Å². The van der Waals surface area contributed by atoms with Crippen LogP contribution in [0.25, 0.3) is 10.9 Å². The maximum absolute atomic E-state index is 6.11. The summed E-state index contributed by atoms with van der Waals surface area (Å²) in [6.45, 7) is 3.48. The molecule has 1 heterocycles. The highest BCUT2D eigenvalue weighted by molar-refractivity contribution is 5.91. The van der Waals surface area contributed by atoms with Crippen molar-refractivity contribution in [3.8, 4) is 11.5 Å². The fourth-order valence-corrected chi connectivity index (χ4v) is 2.72. The molecule has 0 radical (unpaired) electrons. The predicted octanol–water partition coefficient (Wildman–Crippen LogP) is 3.83. The molecule has 114 valence electrons. The Morgan fingerprint density at radius 1 is 1.05 bits per heavy atom. The summed E-state index contributed by atoms with van der Waals surface area (Å²) in [6, 6.07) is 15.7. The molecule has 0 saturated carbocycles. The molecule has 0 aliphatic carbocycles. The van der Waals surface area contributed by atoms with Gasteiger partial charge in [-0.25, -0.2) is 0 Å². The van der Waals surface area contributed by atoms with Crippen LogP contribution in [0.2, 0.25) is 0 Å². The fourth-order valence-electron chi connectivity index (χ4n) is 2.72. The van der Waals surface area contributed by atoms with E-state index in [2.05, 4.69) is 23.6 Å². The van der Waals surface area contributed by atoms with Gasteiger partial charge < -0.3 is 19.8 Å². The van der Waals surface area contributed by atoms with Crippen molar-refractivity contribution in [1.29, 1.82) is 0 Å². The maximum atomic E-state index is 6.11. The van der Waals surface area contributed by atoms with E-state index in [4.69, 9.17) is 15.2 Å². The standard InChI is InChI=1S/C18H20N2O2/c1-3-20-14(11-13-5-4-6-17(19)18(13)20)12-22-16-9-7-15(21-2)8-10-16/h4-11H,3,12,19H2,1-2H3. The van der Waals surface area contributed by atoms with Gasteiger partial charge in [0.25, 0.3) is 0 Å².